The van der Waals surface area contributed by atoms with E-state index in [1.54, 1.807) is 6.20 Å². The second-order valence-corrected chi connectivity index (χ2v) is 4.56. The smallest absolute Gasteiger partial charge is 0.0719 e. The Morgan fingerprint density at radius 3 is 2.64 bits per heavy atom. The number of nitrogens with zero attached hydrogens (tertiary/aromatic N) is 2. The molecule has 0 amide bonds. The quantitative estimate of drug-likeness (QED) is 0.686. The third-order valence-corrected chi connectivity index (χ3v) is 3.62. The molecule has 3 rings (SSSR count). The minimum atomic E-state index is 0.587. The molecule has 2 aliphatic rings. The summed E-state index contributed by atoms with van der Waals surface area (Å²) in [6, 6.07) is 0.587. The van der Waals surface area contributed by atoms with Gasteiger partial charge in [-0.1, -0.05) is 0 Å². The minimum Gasteiger partial charge on any atom is -0.396 e. The Morgan fingerprint density at radius 1 is 1.36 bits per heavy atom. The Bertz CT molecular complexity index is 321. The number of nitrogens with one attached hydrogen (secondary N) is 1. The Balaban J connectivity index is 1.76. The molecule has 1 aliphatic heterocycles. The molecular formula is C10H16N4. The second-order valence-electron chi connectivity index (χ2n) is 4.56. The van der Waals surface area contributed by atoms with Gasteiger partial charge in [-0.3, -0.25) is 4.68 Å². The van der Waals surface area contributed by atoms with E-state index in [0.717, 1.165) is 17.5 Å². The fourth-order valence-electron chi connectivity index (χ4n) is 2.90. The first kappa shape index (κ1) is 8.29. The van der Waals surface area contributed by atoms with E-state index >= 15 is 0 Å². The molecule has 1 unspecified atom stereocenters. The molecule has 0 bridgehead atoms. The lowest BCUT2D eigenvalue weighted by molar-refractivity contribution is 0.433. The maximum absolute atomic E-state index is 5.67. The number of hydrogen-bond donors (Lipinski definition) is 2. The molecule has 1 aliphatic carbocycles. The lowest BCUT2D eigenvalue weighted by Crippen LogP contribution is -2.14. The minimum absolute atomic E-state index is 0.587. The normalized spacial score (nSPS) is 36.1. The molecule has 1 saturated carbocycles. The zero-order chi connectivity index (χ0) is 9.54. The van der Waals surface area contributed by atoms with Gasteiger partial charge in [0, 0.05) is 6.20 Å². The van der Waals surface area contributed by atoms with E-state index in [-0.39, 0.29) is 0 Å². The standard InChI is InChI=1S/C10H16N4/c11-9-5-13-14(6-9)10-1-7-3-12-4-8(7)2-10/h5-8,10,12H,1-4,11H2/t7-,8+,10?. The first-order chi connectivity index (χ1) is 6.83. The molecule has 3 atom stereocenters. The average molecular weight is 192 g/mol. The summed E-state index contributed by atoms with van der Waals surface area (Å²) in [5, 5.41) is 7.74. The van der Waals surface area contributed by atoms with Crippen molar-refractivity contribution in [2.24, 2.45) is 11.8 Å². The Labute approximate surface area is 83.5 Å². The van der Waals surface area contributed by atoms with Crippen LogP contribution in [-0.2, 0) is 0 Å². The van der Waals surface area contributed by atoms with Crippen molar-refractivity contribution < 1.29 is 0 Å². The van der Waals surface area contributed by atoms with Gasteiger partial charge in [0.1, 0.15) is 0 Å². The summed E-state index contributed by atoms with van der Waals surface area (Å²) in [7, 11) is 0. The summed E-state index contributed by atoms with van der Waals surface area (Å²) in [4.78, 5) is 0. The maximum atomic E-state index is 5.67. The summed E-state index contributed by atoms with van der Waals surface area (Å²) in [5.41, 5.74) is 6.44. The van der Waals surface area contributed by atoms with E-state index < -0.39 is 0 Å². The number of aromatic nitrogens is 2. The summed E-state index contributed by atoms with van der Waals surface area (Å²) >= 11 is 0. The molecule has 0 radical (unpaired) electrons. The lowest BCUT2D eigenvalue weighted by atomic mass is 10.0. The van der Waals surface area contributed by atoms with Crippen LogP contribution in [0.2, 0.25) is 0 Å². The molecule has 14 heavy (non-hydrogen) atoms. The van der Waals surface area contributed by atoms with E-state index in [4.69, 9.17) is 5.73 Å². The first-order valence-electron chi connectivity index (χ1n) is 5.33. The molecule has 4 heteroatoms. The zero-order valence-electron chi connectivity index (χ0n) is 8.19. The van der Waals surface area contributed by atoms with Crippen LogP contribution < -0.4 is 11.1 Å². The van der Waals surface area contributed by atoms with Crippen molar-refractivity contribution >= 4 is 5.69 Å². The topological polar surface area (TPSA) is 55.9 Å². The average Bonchev–Trinajstić information content (AvgIpc) is 2.75. The van der Waals surface area contributed by atoms with E-state index in [9.17, 15) is 0 Å². The maximum Gasteiger partial charge on any atom is 0.0719 e. The van der Waals surface area contributed by atoms with Gasteiger partial charge in [-0.25, -0.2) is 0 Å². The summed E-state index contributed by atoms with van der Waals surface area (Å²) < 4.78 is 2.05. The summed E-state index contributed by atoms with van der Waals surface area (Å²) in [5.74, 6) is 1.73. The first-order valence-corrected chi connectivity index (χ1v) is 5.33. The van der Waals surface area contributed by atoms with Crippen molar-refractivity contribution in [2.75, 3.05) is 18.8 Å². The van der Waals surface area contributed by atoms with E-state index in [1.165, 1.54) is 25.9 Å². The molecule has 1 aromatic heterocycles. The third-order valence-electron chi connectivity index (χ3n) is 3.62. The van der Waals surface area contributed by atoms with Crippen molar-refractivity contribution in [3.05, 3.63) is 12.4 Å². The van der Waals surface area contributed by atoms with Crippen molar-refractivity contribution in [3.63, 3.8) is 0 Å². The molecule has 0 spiro atoms. The lowest BCUT2D eigenvalue weighted by Gasteiger charge is -2.11. The predicted molar refractivity (Wildman–Crippen MR) is 54.8 cm³/mol. The molecule has 0 aromatic carbocycles. The Hall–Kier alpha value is -1.03. The molecular weight excluding hydrogens is 176 g/mol. The fourth-order valence-corrected chi connectivity index (χ4v) is 2.90. The zero-order valence-corrected chi connectivity index (χ0v) is 8.19. The third kappa shape index (κ3) is 1.21. The van der Waals surface area contributed by atoms with Gasteiger partial charge < -0.3 is 11.1 Å². The highest BCUT2D eigenvalue weighted by molar-refractivity contribution is 5.30. The van der Waals surface area contributed by atoms with Gasteiger partial charge in [-0.05, 0) is 37.8 Å². The fraction of sp³-hybridized carbons (Fsp3) is 0.700. The molecule has 76 valence electrons. The van der Waals surface area contributed by atoms with Gasteiger partial charge in [0.25, 0.3) is 0 Å². The predicted octanol–water partition coefficient (Wildman–Crippen LogP) is 0.636. The number of hydrogen-bond acceptors (Lipinski definition) is 3. The van der Waals surface area contributed by atoms with Gasteiger partial charge in [0.05, 0.1) is 17.9 Å². The monoisotopic (exact) mass is 192 g/mol. The number of anilines is 1. The van der Waals surface area contributed by atoms with Crippen molar-refractivity contribution in [1.82, 2.24) is 15.1 Å². The second kappa shape index (κ2) is 2.98. The van der Waals surface area contributed by atoms with Crippen LogP contribution in [-0.4, -0.2) is 22.9 Å². The molecule has 1 saturated heterocycles. The molecule has 4 nitrogen and oxygen atoms in total. The van der Waals surface area contributed by atoms with Crippen LogP contribution in [0.1, 0.15) is 18.9 Å². The van der Waals surface area contributed by atoms with Crippen LogP contribution >= 0.6 is 0 Å². The van der Waals surface area contributed by atoms with Crippen LogP contribution in [0.15, 0.2) is 12.4 Å². The summed E-state index contributed by atoms with van der Waals surface area (Å²) in [6.45, 7) is 2.38. The van der Waals surface area contributed by atoms with Crippen LogP contribution in [0.25, 0.3) is 0 Å². The number of fused-ring (bicyclic) bond motifs is 1. The molecule has 1 aromatic rings. The van der Waals surface area contributed by atoms with Gasteiger partial charge in [-0.2, -0.15) is 5.10 Å². The highest BCUT2D eigenvalue weighted by atomic mass is 15.3. The summed E-state index contributed by atoms with van der Waals surface area (Å²) in [6.07, 6.45) is 6.23. The molecule has 3 N–H and O–H groups in total. The SMILES string of the molecule is Nc1cnn(C2C[C@H]3CNC[C@H]3C2)c1. The van der Waals surface area contributed by atoms with Gasteiger partial charge in [0.2, 0.25) is 0 Å². The highest BCUT2D eigenvalue weighted by Crippen LogP contribution is 2.40. The number of nitrogens with two attached hydrogens (primary N) is 1. The van der Waals surface area contributed by atoms with Gasteiger partial charge in [0.15, 0.2) is 0 Å². The van der Waals surface area contributed by atoms with Crippen molar-refractivity contribution in [1.29, 1.82) is 0 Å². The van der Waals surface area contributed by atoms with Crippen LogP contribution in [0.4, 0.5) is 5.69 Å². The van der Waals surface area contributed by atoms with Gasteiger partial charge in [-0.15, -0.1) is 0 Å². The molecule has 2 heterocycles. The van der Waals surface area contributed by atoms with Crippen LogP contribution in [0.5, 0.6) is 0 Å². The van der Waals surface area contributed by atoms with Crippen molar-refractivity contribution in [3.8, 4) is 0 Å². The number of rotatable bonds is 1. The largest absolute Gasteiger partial charge is 0.396 e. The number of nitrogen functional groups attached to an aromatic ring is 1. The van der Waals surface area contributed by atoms with E-state index in [0.29, 0.717) is 6.04 Å². The molecule has 2 fully saturated rings. The van der Waals surface area contributed by atoms with Gasteiger partial charge >= 0.3 is 0 Å². The van der Waals surface area contributed by atoms with E-state index in [2.05, 4.69) is 10.4 Å². The van der Waals surface area contributed by atoms with Crippen molar-refractivity contribution in [2.45, 2.75) is 18.9 Å². The van der Waals surface area contributed by atoms with Crippen LogP contribution in [0, 0.1) is 11.8 Å². The van der Waals surface area contributed by atoms with E-state index in [1.807, 2.05) is 10.9 Å². The highest BCUT2D eigenvalue weighted by Gasteiger charge is 2.38. The Kier molecular flexibility index (Phi) is 1.77. The van der Waals surface area contributed by atoms with Crippen LogP contribution in [0.3, 0.4) is 0 Å². The Morgan fingerprint density at radius 2 is 2.07 bits per heavy atom.